The van der Waals surface area contributed by atoms with Crippen LogP contribution in [-0.2, 0) is 4.74 Å². The molecule has 2 saturated heterocycles. The van der Waals surface area contributed by atoms with Crippen LogP contribution in [0, 0.1) is 0 Å². The van der Waals surface area contributed by atoms with Crippen LogP contribution in [0.3, 0.4) is 0 Å². The van der Waals surface area contributed by atoms with Gasteiger partial charge in [0.15, 0.2) is 0 Å². The van der Waals surface area contributed by atoms with E-state index >= 15 is 0 Å². The number of carbonyl (C=O) groups is 2. The van der Waals surface area contributed by atoms with E-state index in [9.17, 15) is 9.59 Å². The van der Waals surface area contributed by atoms with Crippen molar-refractivity contribution in [2.75, 3.05) is 26.7 Å². The predicted molar refractivity (Wildman–Crippen MR) is 104 cm³/mol. The molecule has 1 aromatic heterocycles. The van der Waals surface area contributed by atoms with Crippen molar-refractivity contribution in [3.8, 4) is 0 Å². The fraction of sp³-hybridized carbons (Fsp3) is 0.381. The fourth-order valence-electron chi connectivity index (χ4n) is 3.94. The number of rotatable bonds is 3. The highest BCUT2D eigenvalue weighted by molar-refractivity contribution is 5.76. The first-order chi connectivity index (χ1) is 13.6. The van der Waals surface area contributed by atoms with Crippen molar-refractivity contribution in [2.45, 2.75) is 24.5 Å². The highest BCUT2D eigenvalue weighted by atomic mass is 16.6. The van der Waals surface area contributed by atoms with Crippen LogP contribution < -0.4 is 5.32 Å². The summed E-state index contributed by atoms with van der Waals surface area (Å²) in [5.41, 5.74) is 1.54. The Balaban J connectivity index is 1.45. The van der Waals surface area contributed by atoms with Crippen molar-refractivity contribution < 1.29 is 14.3 Å². The summed E-state index contributed by atoms with van der Waals surface area (Å²) in [7, 11) is 1.75. The summed E-state index contributed by atoms with van der Waals surface area (Å²) in [6, 6.07) is 13.4. The monoisotopic (exact) mass is 380 g/mol. The molecule has 1 N–H and O–H groups in total. The lowest BCUT2D eigenvalue weighted by molar-refractivity contribution is 0.00951. The van der Waals surface area contributed by atoms with E-state index in [0.717, 1.165) is 11.1 Å². The number of nitrogens with one attached hydrogen (secondary N) is 1. The number of carbonyl (C=O) groups excluding carboxylic acids is 2. The molecule has 0 unspecified atom stereocenters. The first-order valence-corrected chi connectivity index (χ1v) is 9.51. The van der Waals surface area contributed by atoms with Crippen molar-refractivity contribution in [1.82, 2.24) is 20.1 Å². The Kier molecular flexibility index (Phi) is 4.90. The average Bonchev–Trinajstić information content (AvgIpc) is 3.00. The molecule has 2 aromatic rings. The van der Waals surface area contributed by atoms with Gasteiger partial charge in [0, 0.05) is 45.4 Å². The molecule has 1 atom stereocenters. The molecule has 3 heterocycles. The molecule has 0 aliphatic carbocycles. The number of benzene rings is 1. The first kappa shape index (κ1) is 18.3. The van der Waals surface area contributed by atoms with Gasteiger partial charge in [0.2, 0.25) is 0 Å². The zero-order valence-corrected chi connectivity index (χ0v) is 15.9. The number of likely N-dealkylation sites (tertiary alicyclic amines) is 1. The SMILES string of the molecule is CN1CC2(CCN(C(=O)N[C@H](c3ccccc3)c3ccncc3)CC2)OC1=O. The number of ether oxygens (including phenoxy) is 1. The molecule has 28 heavy (non-hydrogen) atoms. The summed E-state index contributed by atoms with van der Waals surface area (Å²) >= 11 is 0. The summed E-state index contributed by atoms with van der Waals surface area (Å²) in [5.74, 6) is 0. The molecule has 2 aliphatic rings. The van der Waals surface area contributed by atoms with Crippen molar-refractivity contribution in [2.24, 2.45) is 0 Å². The minimum Gasteiger partial charge on any atom is -0.441 e. The Bertz CT molecular complexity index is 796. The van der Waals surface area contributed by atoms with E-state index in [0.29, 0.717) is 32.5 Å². The Morgan fingerprint density at radius 1 is 1.11 bits per heavy atom. The average molecular weight is 380 g/mol. The highest BCUT2D eigenvalue weighted by Gasteiger charge is 2.46. The molecule has 4 rings (SSSR count). The molecule has 146 valence electrons. The summed E-state index contributed by atoms with van der Waals surface area (Å²) in [6.45, 7) is 1.71. The van der Waals surface area contributed by atoms with Gasteiger partial charge in [-0.15, -0.1) is 0 Å². The van der Waals surface area contributed by atoms with Crippen molar-refractivity contribution >= 4 is 12.1 Å². The molecular formula is C21H24N4O3. The first-order valence-electron chi connectivity index (χ1n) is 9.51. The zero-order valence-electron chi connectivity index (χ0n) is 15.9. The number of urea groups is 1. The van der Waals surface area contributed by atoms with E-state index in [1.165, 1.54) is 0 Å². The smallest absolute Gasteiger partial charge is 0.410 e. The number of aromatic nitrogens is 1. The van der Waals surface area contributed by atoms with E-state index < -0.39 is 5.60 Å². The van der Waals surface area contributed by atoms with Crippen LogP contribution in [0.1, 0.15) is 30.0 Å². The van der Waals surface area contributed by atoms with Crippen LogP contribution in [0.15, 0.2) is 54.9 Å². The lowest BCUT2D eigenvalue weighted by Crippen LogP contribution is -2.51. The third kappa shape index (κ3) is 3.65. The van der Waals surface area contributed by atoms with Gasteiger partial charge in [-0.3, -0.25) is 4.98 Å². The minimum atomic E-state index is -0.452. The van der Waals surface area contributed by atoms with Crippen molar-refractivity contribution in [3.63, 3.8) is 0 Å². The molecule has 0 saturated carbocycles. The Labute approximate surface area is 164 Å². The van der Waals surface area contributed by atoms with E-state index in [4.69, 9.17) is 4.74 Å². The van der Waals surface area contributed by atoms with Crippen LogP contribution in [0.5, 0.6) is 0 Å². The molecule has 1 aromatic carbocycles. The van der Waals surface area contributed by atoms with Gasteiger partial charge in [0.1, 0.15) is 5.60 Å². The van der Waals surface area contributed by atoms with E-state index in [1.807, 2.05) is 42.5 Å². The standard InChI is InChI=1S/C21H24N4O3/c1-24-15-21(28-20(24)27)9-13-25(14-10-21)19(26)23-18(16-5-3-2-4-6-16)17-7-11-22-12-8-17/h2-8,11-12,18H,9-10,13-15H2,1H3,(H,23,26)/t18-/m1/s1. The number of hydrogen-bond acceptors (Lipinski definition) is 4. The number of amides is 3. The number of likely N-dealkylation sites (N-methyl/N-ethyl adjacent to an activating group) is 1. The van der Waals surface area contributed by atoms with Crippen molar-refractivity contribution in [1.29, 1.82) is 0 Å². The van der Waals surface area contributed by atoms with Gasteiger partial charge in [-0.05, 0) is 23.3 Å². The molecule has 7 heteroatoms. The van der Waals surface area contributed by atoms with Crippen LogP contribution in [0.25, 0.3) is 0 Å². The quantitative estimate of drug-likeness (QED) is 0.889. The maximum absolute atomic E-state index is 13.0. The van der Waals surface area contributed by atoms with Gasteiger partial charge >= 0.3 is 12.1 Å². The summed E-state index contributed by atoms with van der Waals surface area (Å²) in [6.07, 6.45) is 4.49. The largest absolute Gasteiger partial charge is 0.441 e. The van der Waals surface area contributed by atoms with Crippen LogP contribution >= 0.6 is 0 Å². The van der Waals surface area contributed by atoms with Crippen LogP contribution in [0.2, 0.25) is 0 Å². The lowest BCUT2D eigenvalue weighted by atomic mass is 9.91. The summed E-state index contributed by atoms with van der Waals surface area (Å²) in [5, 5.41) is 3.16. The Morgan fingerprint density at radius 3 is 2.36 bits per heavy atom. The topological polar surface area (TPSA) is 74.8 Å². The molecule has 0 bridgehead atoms. The second-order valence-corrected chi connectivity index (χ2v) is 7.47. The Morgan fingerprint density at radius 2 is 1.75 bits per heavy atom. The van der Waals surface area contributed by atoms with E-state index in [2.05, 4.69) is 10.3 Å². The second-order valence-electron chi connectivity index (χ2n) is 7.47. The maximum atomic E-state index is 13.0. The van der Waals surface area contributed by atoms with E-state index in [1.54, 1.807) is 29.2 Å². The molecule has 3 amide bonds. The van der Waals surface area contributed by atoms with Crippen molar-refractivity contribution in [3.05, 3.63) is 66.0 Å². The number of pyridine rings is 1. The molecule has 2 fully saturated rings. The number of piperidine rings is 1. The van der Waals surface area contributed by atoms with Gasteiger partial charge in [-0.25, -0.2) is 9.59 Å². The molecule has 7 nitrogen and oxygen atoms in total. The molecule has 1 spiro atoms. The predicted octanol–water partition coefficient (Wildman–Crippen LogP) is 2.80. The molecule has 2 aliphatic heterocycles. The van der Waals surface area contributed by atoms with E-state index in [-0.39, 0.29) is 18.2 Å². The lowest BCUT2D eigenvalue weighted by Gasteiger charge is -2.38. The van der Waals surface area contributed by atoms with Crippen LogP contribution in [-0.4, -0.2) is 59.2 Å². The zero-order chi connectivity index (χ0) is 19.6. The maximum Gasteiger partial charge on any atom is 0.410 e. The fourth-order valence-corrected chi connectivity index (χ4v) is 3.94. The summed E-state index contributed by atoms with van der Waals surface area (Å²) in [4.78, 5) is 32.2. The molecular weight excluding hydrogens is 356 g/mol. The normalized spacial score (nSPS) is 19.4. The number of nitrogens with zero attached hydrogens (tertiary/aromatic N) is 3. The van der Waals surface area contributed by atoms with Crippen LogP contribution in [0.4, 0.5) is 9.59 Å². The summed E-state index contributed by atoms with van der Waals surface area (Å²) < 4.78 is 5.57. The third-order valence-corrected chi connectivity index (χ3v) is 5.54. The second kappa shape index (κ2) is 7.50. The highest BCUT2D eigenvalue weighted by Crippen LogP contribution is 2.32. The minimum absolute atomic E-state index is 0.113. The van der Waals surface area contributed by atoms with Gasteiger partial charge in [0.05, 0.1) is 12.6 Å². The molecule has 0 radical (unpaired) electrons. The number of hydrogen-bond donors (Lipinski definition) is 1. The Hall–Kier alpha value is -3.09. The third-order valence-electron chi connectivity index (χ3n) is 5.54. The van der Waals surface area contributed by atoms with Gasteiger partial charge in [-0.1, -0.05) is 30.3 Å². The van der Waals surface area contributed by atoms with Gasteiger partial charge in [-0.2, -0.15) is 0 Å². The van der Waals surface area contributed by atoms with Gasteiger partial charge in [0.25, 0.3) is 0 Å². The van der Waals surface area contributed by atoms with Gasteiger partial charge < -0.3 is 19.9 Å².